The zero-order chi connectivity index (χ0) is 9.52. The minimum absolute atomic E-state index is 0. The number of ether oxygens (including phenoxy) is 1. The van der Waals surface area contributed by atoms with Gasteiger partial charge in [0.1, 0.15) is 0 Å². The fourth-order valence-corrected chi connectivity index (χ4v) is 1.19. The molecule has 1 aliphatic rings. The molecule has 1 fully saturated rings. The van der Waals surface area contributed by atoms with E-state index in [9.17, 15) is 0 Å². The predicted molar refractivity (Wildman–Crippen MR) is 57.4 cm³/mol. The fraction of sp³-hybridized carbons (Fsp3) is 0.545. The summed E-state index contributed by atoms with van der Waals surface area (Å²) in [6.45, 7) is 5.99. The van der Waals surface area contributed by atoms with Crippen LogP contribution in [-0.2, 0) is 4.74 Å². The van der Waals surface area contributed by atoms with Crippen LogP contribution in [-0.4, -0.2) is 23.7 Å². The van der Waals surface area contributed by atoms with Gasteiger partial charge in [-0.3, -0.25) is 4.98 Å². The maximum atomic E-state index is 4.94. The van der Waals surface area contributed by atoms with Crippen LogP contribution in [0.25, 0.3) is 0 Å². The number of hydrogen-bond acceptors (Lipinski definition) is 2. The summed E-state index contributed by atoms with van der Waals surface area (Å²) in [7, 11) is 0. The fourth-order valence-electron chi connectivity index (χ4n) is 1.19. The van der Waals surface area contributed by atoms with Gasteiger partial charge in [0.05, 0.1) is 0 Å². The third-order valence-electron chi connectivity index (χ3n) is 1.85. The summed E-state index contributed by atoms with van der Waals surface area (Å²) in [6.07, 6.45) is 2.56. The molecule has 1 saturated heterocycles. The molecule has 14 heavy (non-hydrogen) atoms. The van der Waals surface area contributed by atoms with Gasteiger partial charge in [0.25, 0.3) is 0 Å². The van der Waals surface area contributed by atoms with Crippen LogP contribution in [0.3, 0.4) is 0 Å². The monoisotopic (exact) mass is 197 g/mol. The summed E-state index contributed by atoms with van der Waals surface area (Å²) in [4.78, 5) is 4.17. The summed E-state index contributed by atoms with van der Waals surface area (Å²) in [5, 5.41) is 0. The Morgan fingerprint density at radius 3 is 1.79 bits per heavy atom. The normalized spacial score (nSPS) is 13.9. The first-order chi connectivity index (χ1) is 6.29. The Morgan fingerprint density at radius 1 is 1.07 bits per heavy atom. The average molecular weight is 197 g/mol. The van der Waals surface area contributed by atoms with Crippen LogP contribution in [0, 0.1) is 13.8 Å². The van der Waals surface area contributed by atoms with Crippen molar-refractivity contribution in [1.29, 1.82) is 0 Å². The largest absolute Gasteiger partial charge is 0.412 e. The van der Waals surface area contributed by atoms with Crippen LogP contribution in [0.1, 0.15) is 24.2 Å². The summed E-state index contributed by atoms with van der Waals surface area (Å²) in [6, 6.07) is 6.00. The van der Waals surface area contributed by atoms with E-state index < -0.39 is 0 Å². The van der Waals surface area contributed by atoms with Gasteiger partial charge in [-0.15, -0.1) is 0 Å². The van der Waals surface area contributed by atoms with Crippen molar-refractivity contribution in [2.45, 2.75) is 26.7 Å². The van der Waals surface area contributed by atoms with Crippen LogP contribution in [0.15, 0.2) is 18.2 Å². The lowest BCUT2D eigenvalue weighted by Crippen LogP contribution is -1.81. The van der Waals surface area contributed by atoms with E-state index in [0.717, 1.165) is 24.6 Å². The second-order valence-corrected chi connectivity index (χ2v) is 3.24. The molecule has 0 unspecified atom stereocenters. The van der Waals surface area contributed by atoms with Crippen molar-refractivity contribution in [2.24, 2.45) is 0 Å². The van der Waals surface area contributed by atoms with Crippen molar-refractivity contribution < 1.29 is 10.2 Å². The number of rotatable bonds is 0. The second-order valence-electron chi connectivity index (χ2n) is 3.24. The molecule has 0 atom stereocenters. The maximum Gasteiger partial charge on any atom is 0.0466 e. The molecule has 0 radical (unpaired) electrons. The Kier molecular flexibility index (Phi) is 6.98. The molecule has 0 aromatic carbocycles. The average Bonchev–Trinajstić information content (AvgIpc) is 2.59. The first-order valence-corrected chi connectivity index (χ1v) is 4.77. The van der Waals surface area contributed by atoms with Gasteiger partial charge < -0.3 is 10.2 Å². The Balaban J connectivity index is 0.000000246. The highest BCUT2D eigenvalue weighted by Crippen LogP contribution is 1.98. The van der Waals surface area contributed by atoms with E-state index in [-0.39, 0.29) is 5.48 Å². The molecule has 0 bridgehead atoms. The second kappa shape index (κ2) is 7.47. The lowest BCUT2D eigenvalue weighted by Gasteiger charge is -1.90. The summed E-state index contributed by atoms with van der Waals surface area (Å²) in [5.74, 6) is 0. The molecule has 0 spiro atoms. The molecular weight excluding hydrogens is 178 g/mol. The van der Waals surface area contributed by atoms with Gasteiger partial charge in [0, 0.05) is 24.6 Å². The number of hydrogen-bond donors (Lipinski definition) is 0. The molecule has 1 aliphatic heterocycles. The molecule has 2 rings (SSSR count). The SMILES string of the molecule is C1CCOC1.Cc1cccc(C)n1.O. The zero-order valence-electron chi connectivity index (χ0n) is 8.92. The van der Waals surface area contributed by atoms with Gasteiger partial charge in [-0.1, -0.05) is 6.07 Å². The van der Waals surface area contributed by atoms with Gasteiger partial charge in [-0.2, -0.15) is 0 Å². The van der Waals surface area contributed by atoms with E-state index in [2.05, 4.69) is 4.98 Å². The molecule has 0 aliphatic carbocycles. The number of nitrogens with zero attached hydrogens (tertiary/aromatic N) is 1. The molecule has 1 aromatic heterocycles. The Morgan fingerprint density at radius 2 is 1.57 bits per heavy atom. The van der Waals surface area contributed by atoms with E-state index in [0.29, 0.717) is 0 Å². The van der Waals surface area contributed by atoms with E-state index >= 15 is 0 Å². The highest BCUT2D eigenvalue weighted by Gasteiger charge is 1.94. The molecule has 3 nitrogen and oxygen atoms in total. The molecular formula is C11H19NO2. The first kappa shape index (κ1) is 13.1. The van der Waals surface area contributed by atoms with Crippen molar-refractivity contribution in [3.63, 3.8) is 0 Å². The number of pyridine rings is 1. The predicted octanol–water partition coefficient (Wildman–Crippen LogP) is 1.67. The number of aryl methyl sites for hydroxylation is 2. The van der Waals surface area contributed by atoms with Crippen LogP contribution in [0.5, 0.6) is 0 Å². The molecule has 2 N–H and O–H groups in total. The minimum atomic E-state index is 0. The van der Waals surface area contributed by atoms with E-state index in [4.69, 9.17) is 4.74 Å². The van der Waals surface area contributed by atoms with Crippen LogP contribution < -0.4 is 0 Å². The molecule has 80 valence electrons. The molecule has 0 saturated carbocycles. The highest BCUT2D eigenvalue weighted by molar-refractivity contribution is 5.07. The third-order valence-corrected chi connectivity index (χ3v) is 1.85. The quantitative estimate of drug-likeness (QED) is 0.635. The van der Waals surface area contributed by atoms with Crippen molar-refractivity contribution in [3.05, 3.63) is 29.6 Å². The van der Waals surface area contributed by atoms with E-state index in [1.165, 1.54) is 12.8 Å². The Labute approximate surface area is 85.4 Å². The zero-order valence-corrected chi connectivity index (χ0v) is 8.92. The first-order valence-electron chi connectivity index (χ1n) is 4.77. The van der Waals surface area contributed by atoms with Gasteiger partial charge in [-0.05, 0) is 38.8 Å². The van der Waals surface area contributed by atoms with Gasteiger partial charge in [-0.25, -0.2) is 0 Å². The lowest BCUT2D eigenvalue weighted by atomic mass is 10.3. The van der Waals surface area contributed by atoms with Crippen LogP contribution in [0.2, 0.25) is 0 Å². The van der Waals surface area contributed by atoms with Crippen molar-refractivity contribution >= 4 is 0 Å². The maximum absolute atomic E-state index is 4.94. The minimum Gasteiger partial charge on any atom is -0.412 e. The lowest BCUT2D eigenvalue weighted by molar-refractivity contribution is 0.198. The Bertz CT molecular complexity index is 222. The summed E-state index contributed by atoms with van der Waals surface area (Å²) >= 11 is 0. The summed E-state index contributed by atoms with van der Waals surface area (Å²) < 4.78 is 4.94. The van der Waals surface area contributed by atoms with Gasteiger partial charge in [0.15, 0.2) is 0 Å². The van der Waals surface area contributed by atoms with Crippen molar-refractivity contribution in [2.75, 3.05) is 13.2 Å². The van der Waals surface area contributed by atoms with Crippen molar-refractivity contribution in [1.82, 2.24) is 4.98 Å². The molecule has 0 amide bonds. The molecule has 3 heteroatoms. The van der Waals surface area contributed by atoms with Crippen LogP contribution in [0.4, 0.5) is 0 Å². The number of aromatic nitrogens is 1. The standard InChI is InChI=1S/C7H9N.C4H8O.H2O/c1-6-4-3-5-7(2)8-6;1-2-4-5-3-1;/h3-5H,1-2H3;1-4H2;1H2. The van der Waals surface area contributed by atoms with Crippen LogP contribution >= 0.6 is 0 Å². The third kappa shape index (κ3) is 5.67. The van der Waals surface area contributed by atoms with E-state index in [1.54, 1.807) is 0 Å². The molecule has 2 heterocycles. The topological polar surface area (TPSA) is 53.6 Å². The van der Waals surface area contributed by atoms with E-state index in [1.807, 2.05) is 32.0 Å². The highest BCUT2D eigenvalue weighted by atomic mass is 16.5. The Hall–Kier alpha value is -0.930. The smallest absolute Gasteiger partial charge is 0.0466 e. The van der Waals surface area contributed by atoms with Gasteiger partial charge >= 0.3 is 0 Å². The molecule has 1 aromatic rings. The van der Waals surface area contributed by atoms with Crippen molar-refractivity contribution in [3.8, 4) is 0 Å². The summed E-state index contributed by atoms with van der Waals surface area (Å²) in [5.41, 5.74) is 2.18. The van der Waals surface area contributed by atoms with Gasteiger partial charge in [0.2, 0.25) is 0 Å².